The SMILES string of the molecule is O=C(Nc1ccccc1OCCCc1ccccc1)c1ccc(OCCOc2ccccc2)cc1. The number of nitrogens with one attached hydrogen (secondary N) is 1. The van der Waals surface area contributed by atoms with Gasteiger partial charge in [-0.3, -0.25) is 4.79 Å². The molecule has 0 aliphatic heterocycles. The third-order valence-corrected chi connectivity index (χ3v) is 5.33. The maximum atomic E-state index is 12.8. The van der Waals surface area contributed by atoms with E-state index in [0.717, 1.165) is 18.6 Å². The van der Waals surface area contributed by atoms with Crippen molar-refractivity contribution in [2.75, 3.05) is 25.1 Å². The highest BCUT2D eigenvalue weighted by molar-refractivity contribution is 6.05. The zero-order valence-electron chi connectivity index (χ0n) is 19.6. The molecule has 0 spiro atoms. The van der Waals surface area contributed by atoms with Gasteiger partial charge >= 0.3 is 0 Å². The largest absolute Gasteiger partial charge is 0.491 e. The van der Waals surface area contributed by atoms with Crippen LogP contribution < -0.4 is 19.5 Å². The Hall–Kier alpha value is -4.25. The minimum absolute atomic E-state index is 0.204. The summed E-state index contributed by atoms with van der Waals surface area (Å²) in [6.45, 7) is 1.42. The second-order valence-corrected chi connectivity index (χ2v) is 7.92. The molecule has 0 saturated heterocycles. The van der Waals surface area contributed by atoms with Crippen molar-refractivity contribution in [3.8, 4) is 17.2 Å². The lowest BCUT2D eigenvalue weighted by Gasteiger charge is -2.13. The van der Waals surface area contributed by atoms with Crippen molar-refractivity contribution >= 4 is 11.6 Å². The maximum Gasteiger partial charge on any atom is 0.255 e. The first-order chi connectivity index (χ1) is 17.3. The predicted molar refractivity (Wildman–Crippen MR) is 139 cm³/mol. The zero-order chi connectivity index (χ0) is 24.1. The lowest BCUT2D eigenvalue weighted by atomic mass is 10.1. The summed E-state index contributed by atoms with van der Waals surface area (Å²) < 4.78 is 17.3. The fourth-order valence-corrected chi connectivity index (χ4v) is 3.53. The summed E-state index contributed by atoms with van der Waals surface area (Å²) in [5.74, 6) is 1.94. The van der Waals surface area contributed by atoms with Crippen molar-refractivity contribution in [3.05, 3.63) is 120 Å². The highest BCUT2D eigenvalue weighted by Gasteiger charge is 2.10. The first kappa shape index (κ1) is 23.9. The number of hydrogen-bond acceptors (Lipinski definition) is 4. The van der Waals surface area contributed by atoms with Crippen molar-refractivity contribution in [1.82, 2.24) is 0 Å². The molecule has 0 atom stereocenters. The van der Waals surface area contributed by atoms with E-state index in [0.29, 0.717) is 42.6 Å². The van der Waals surface area contributed by atoms with Crippen LogP contribution in [-0.4, -0.2) is 25.7 Å². The maximum absolute atomic E-state index is 12.8. The molecule has 35 heavy (non-hydrogen) atoms. The topological polar surface area (TPSA) is 56.8 Å². The van der Waals surface area contributed by atoms with Crippen LogP contribution in [0.3, 0.4) is 0 Å². The van der Waals surface area contributed by atoms with E-state index in [2.05, 4.69) is 17.4 Å². The Bertz CT molecular complexity index is 1180. The zero-order valence-corrected chi connectivity index (χ0v) is 19.6. The molecule has 0 radical (unpaired) electrons. The number of ether oxygens (including phenoxy) is 3. The lowest BCUT2D eigenvalue weighted by molar-refractivity contribution is 0.102. The molecule has 0 aliphatic carbocycles. The number of rotatable bonds is 12. The summed E-state index contributed by atoms with van der Waals surface area (Å²) in [7, 11) is 0. The Labute approximate surface area is 206 Å². The Morgan fingerprint density at radius 1 is 0.600 bits per heavy atom. The van der Waals surface area contributed by atoms with Gasteiger partial charge in [-0.25, -0.2) is 0 Å². The molecular weight excluding hydrogens is 438 g/mol. The lowest BCUT2D eigenvalue weighted by Crippen LogP contribution is -2.13. The standard InChI is InChI=1S/C30H29NO4/c32-30(25-17-19-27(20-18-25)34-23-22-33-26-13-5-2-6-14-26)31-28-15-7-8-16-29(28)35-21-9-12-24-10-3-1-4-11-24/h1-8,10-11,13-20H,9,12,21-23H2,(H,31,32). The van der Waals surface area contributed by atoms with E-state index in [4.69, 9.17) is 14.2 Å². The molecule has 5 nitrogen and oxygen atoms in total. The predicted octanol–water partition coefficient (Wildman–Crippen LogP) is 6.41. The van der Waals surface area contributed by atoms with Crippen LogP contribution in [0.1, 0.15) is 22.3 Å². The Morgan fingerprint density at radius 2 is 1.20 bits per heavy atom. The van der Waals surface area contributed by atoms with Gasteiger partial charge in [-0.1, -0.05) is 60.7 Å². The van der Waals surface area contributed by atoms with E-state index in [-0.39, 0.29) is 5.91 Å². The average Bonchev–Trinajstić information content (AvgIpc) is 2.91. The van der Waals surface area contributed by atoms with Gasteiger partial charge in [0.1, 0.15) is 30.5 Å². The first-order valence-electron chi connectivity index (χ1n) is 11.8. The molecule has 0 unspecified atom stereocenters. The van der Waals surface area contributed by atoms with Gasteiger partial charge in [0.25, 0.3) is 5.91 Å². The van der Waals surface area contributed by atoms with E-state index in [1.807, 2.05) is 72.8 Å². The molecule has 1 amide bonds. The van der Waals surface area contributed by atoms with Crippen molar-refractivity contribution in [1.29, 1.82) is 0 Å². The van der Waals surface area contributed by atoms with Gasteiger partial charge in [0.2, 0.25) is 0 Å². The summed E-state index contributed by atoms with van der Waals surface area (Å²) >= 11 is 0. The van der Waals surface area contributed by atoms with Crippen LogP contribution in [0.5, 0.6) is 17.2 Å². The summed E-state index contributed by atoms with van der Waals surface area (Å²) in [6, 6.07) is 34.5. The van der Waals surface area contributed by atoms with Gasteiger partial charge in [0.15, 0.2) is 0 Å². The molecule has 0 aliphatic rings. The molecule has 4 aromatic rings. The van der Waals surface area contributed by atoms with E-state index < -0.39 is 0 Å². The number of para-hydroxylation sites is 3. The number of carbonyl (C=O) groups is 1. The van der Waals surface area contributed by atoms with Gasteiger partial charge in [0.05, 0.1) is 12.3 Å². The summed E-state index contributed by atoms with van der Waals surface area (Å²) in [4.78, 5) is 12.8. The summed E-state index contributed by atoms with van der Waals surface area (Å²) in [5.41, 5.74) is 2.47. The Morgan fingerprint density at radius 3 is 1.91 bits per heavy atom. The third-order valence-electron chi connectivity index (χ3n) is 5.33. The molecule has 0 fully saturated rings. The van der Waals surface area contributed by atoms with E-state index >= 15 is 0 Å². The second-order valence-electron chi connectivity index (χ2n) is 7.92. The van der Waals surface area contributed by atoms with Crippen molar-refractivity contribution < 1.29 is 19.0 Å². The van der Waals surface area contributed by atoms with Crippen LogP contribution >= 0.6 is 0 Å². The first-order valence-corrected chi connectivity index (χ1v) is 11.8. The van der Waals surface area contributed by atoms with E-state index in [1.165, 1.54) is 5.56 Å². The minimum Gasteiger partial charge on any atom is -0.491 e. The number of hydrogen-bond donors (Lipinski definition) is 1. The normalized spacial score (nSPS) is 10.4. The molecule has 0 bridgehead atoms. The highest BCUT2D eigenvalue weighted by atomic mass is 16.5. The van der Waals surface area contributed by atoms with Crippen LogP contribution in [0.2, 0.25) is 0 Å². The Kier molecular flexibility index (Phi) is 8.77. The molecule has 5 heteroatoms. The molecule has 4 aromatic carbocycles. The third kappa shape index (κ3) is 7.64. The minimum atomic E-state index is -0.204. The number of carbonyl (C=O) groups excluding carboxylic acids is 1. The number of aryl methyl sites for hydroxylation is 1. The number of anilines is 1. The van der Waals surface area contributed by atoms with Gasteiger partial charge in [-0.05, 0) is 66.9 Å². The van der Waals surface area contributed by atoms with Gasteiger partial charge in [-0.15, -0.1) is 0 Å². The highest BCUT2D eigenvalue weighted by Crippen LogP contribution is 2.25. The van der Waals surface area contributed by atoms with Crippen LogP contribution in [0.25, 0.3) is 0 Å². The van der Waals surface area contributed by atoms with Crippen molar-refractivity contribution in [2.45, 2.75) is 12.8 Å². The van der Waals surface area contributed by atoms with Crippen molar-refractivity contribution in [3.63, 3.8) is 0 Å². The van der Waals surface area contributed by atoms with E-state index in [1.54, 1.807) is 24.3 Å². The smallest absolute Gasteiger partial charge is 0.255 e. The fourth-order valence-electron chi connectivity index (χ4n) is 3.53. The van der Waals surface area contributed by atoms with Crippen LogP contribution in [0, 0.1) is 0 Å². The summed E-state index contributed by atoms with van der Waals surface area (Å²) in [5, 5.41) is 2.95. The van der Waals surface area contributed by atoms with Crippen LogP contribution in [0.15, 0.2) is 109 Å². The molecule has 0 heterocycles. The number of amides is 1. The van der Waals surface area contributed by atoms with Gasteiger partial charge in [0, 0.05) is 5.56 Å². The molecular formula is C30H29NO4. The van der Waals surface area contributed by atoms with Gasteiger partial charge in [-0.2, -0.15) is 0 Å². The number of benzene rings is 4. The summed E-state index contributed by atoms with van der Waals surface area (Å²) in [6.07, 6.45) is 1.84. The molecule has 0 saturated carbocycles. The molecule has 1 N–H and O–H groups in total. The monoisotopic (exact) mass is 467 g/mol. The fraction of sp³-hybridized carbons (Fsp3) is 0.167. The average molecular weight is 468 g/mol. The van der Waals surface area contributed by atoms with Gasteiger partial charge < -0.3 is 19.5 Å². The van der Waals surface area contributed by atoms with Crippen LogP contribution in [-0.2, 0) is 6.42 Å². The Balaban J connectivity index is 1.23. The molecule has 4 rings (SSSR count). The molecule has 178 valence electrons. The second kappa shape index (κ2) is 12.8. The quantitative estimate of drug-likeness (QED) is 0.245. The van der Waals surface area contributed by atoms with Crippen LogP contribution in [0.4, 0.5) is 5.69 Å². The molecule has 0 aromatic heterocycles. The van der Waals surface area contributed by atoms with Crippen molar-refractivity contribution in [2.24, 2.45) is 0 Å². The van der Waals surface area contributed by atoms with E-state index in [9.17, 15) is 4.79 Å².